The summed E-state index contributed by atoms with van der Waals surface area (Å²) in [6, 6.07) is 11.9. The Bertz CT molecular complexity index is 818. The number of aromatic amines is 1. The molecule has 2 N–H and O–H groups in total. The Balaban J connectivity index is 2.35. The molecule has 0 atom stereocenters. The molecular weight excluding hydrogens is 246 g/mol. The first-order valence-corrected chi connectivity index (χ1v) is 5.57. The number of benzene rings is 1. The second-order valence-electron chi connectivity index (χ2n) is 4.02. The molecule has 2 aromatic heterocycles. The first kappa shape index (κ1) is 11.2. The standard InChI is InChI=1S/C13H9N3O3/c17-12-7-10(8-4-2-1-3-5-8)16-11(14-12)6-9(15-16)13(18)19/h1-7H,(H,14,17)(H,18,19). The van der Waals surface area contributed by atoms with E-state index in [1.54, 1.807) is 0 Å². The molecule has 6 nitrogen and oxygen atoms in total. The lowest BCUT2D eigenvalue weighted by molar-refractivity contribution is 0.0690. The quantitative estimate of drug-likeness (QED) is 0.724. The minimum atomic E-state index is -1.14. The summed E-state index contributed by atoms with van der Waals surface area (Å²) in [6.07, 6.45) is 0. The summed E-state index contributed by atoms with van der Waals surface area (Å²) in [7, 11) is 0. The van der Waals surface area contributed by atoms with Crippen LogP contribution in [-0.2, 0) is 0 Å². The summed E-state index contributed by atoms with van der Waals surface area (Å²) in [4.78, 5) is 25.1. The van der Waals surface area contributed by atoms with Gasteiger partial charge in [0.15, 0.2) is 5.69 Å². The molecule has 0 aliphatic heterocycles. The van der Waals surface area contributed by atoms with Crippen LogP contribution in [0.4, 0.5) is 0 Å². The number of fused-ring (bicyclic) bond motifs is 1. The Kier molecular flexibility index (Phi) is 2.42. The van der Waals surface area contributed by atoms with Crippen LogP contribution in [0.1, 0.15) is 10.5 Å². The summed E-state index contributed by atoms with van der Waals surface area (Å²) < 4.78 is 1.42. The average molecular weight is 255 g/mol. The molecule has 19 heavy (non-hydrogen) atoms. The van der Waals surface area contributed by atoms with Crippen molar-refractivity contribution in [3.8, 4) is 11.3 Å². The van der Waals surface area contributed by atoms with Gasteiger partial charge in [-0.15, -0.1) is 0 Å². The van der Waals surface area contributed by atoms with Gasteiger partial charge in [0, 0.05) is 17.7 Å². The van der Waals surface area contributed by atoms with E-state index in [0.717, 1.165) is 5.56 Å². The second-order valence-corrected chi connectivity index (χ2v) is 4.02. The molecule has 0 saturated heterocycles. The molecule has 3 rings (SSSR count). The molecule has 3 aromatic rings. The van der Waals surface area contributed by atoms with E-state index in [9.17, 15) is 9.59 Å². The van der Waals surface area contributed by atoms with Gasteiger partial charge in [-0.05, 0) is 0 Å². The lowest BCUT2D eigenvalue weighted by Gasteiger charge is -2.03. The van der Waals surface area contributed by atoms with Gasteiger partial charge in [-0.1, -0.05) is 30.3 Å². The van der Waals surface area contributed by atoms with Crippen LogP contribution in [0.25, 0.3) is 16.9 Å². The summed E-state index contributed by atoms with van der Waals surface area (Å²) >= 11 is 0. The van der Waals surface area contributed by atoms with E-state index >= 15 is 0 Å². The summed E-state index contributed by atoms with van der Waals surface area (Å²) in [6.45, 7) is 0. The average Bonchev–Trinajstić information content (AvgIpc) is 2.82. The molecular formula is C13H9N3O3. The van der Waals surface area contributed by atoms with Crippen molar-refractivity contribution in [1.29, 1.82) is 0 Å². The molecule has 0 spiro atoms. The maximum Gasteiger partial charge on any atom is 0.356 e. The Morgan fingerprint density at radius 2 is 1.95 bits per heavy atom. The number of nitrogens with one attached hydrogen (secondary N) is 1. The molecule has 1 aromatic carbocycles. The van der Waals surface area contributed by atoms with Crippen LogP contribution in [0.3, 0.4) is 0 Å². The lowest BCUT2D eigenvalue weighted by atomic mass is 10.1. The third-order valence-corrected chi connectivity index (χ3v) is 2.75. The minimum absolute atomic E-state index is 0.112. The molecule has 0 fully saturated rings. The molecule has 0 bridgehead atoms. The molecule has 0 saturated carbocycles. The number of carboxylic acid groups (broad SMARTS) is 1. The van der Waals surface area contributed by atoms with E-state index in [0.29, 0.717) is 11.3 Å². The lowest BCUT2D eigenvalue weighted by Crippen LogP contribution is -2.09. The third kappa shape index (κ3) is 1.89. The summed E-state index contributed by atoms with van der Waals surface area (Å²) in [5.41, 5.74) is 1.27. The summed E-state index contributed by atoms with van der Waals surface area (Å²) in [5.74, 6) is -1.14. The number of carboxylic acids is 1. The monoisotopic (exact) mass is 255 g/mol. The van der Waals surface area contributed by atoms with Crippen molar-refractivity contribution in [3.05, 3.63) is 58.5 Å². The maximum absolute atomic E-state index is 11.6. The first-order valence-electron chi connectivity index (χ1n) is 5.57. The Labute approximate surface area is 106 Å². The van der Waals surface area contributed by atoms with E-state index in [2.05, 4.69) is 10.1 Å². The second kappa shape index (κ2) is 4.09. The number of aromatic nitrogens is 3. The molecule has 0 radical (unpaired) electrons. The van der Waals surface area contributed by atoms with Gasteiger partial charge in [0.05, 0.1) is 5.69 Å². The van der Waals surface area contributed by atoms with Crippen molar-refractivity contribution in [2.75, 3.05) is 0 Å². The number of nitrogens with zero attached hydrogens (tertiary/aromatic N) is 2. The van der Waals surface area contributed by atoms with Crippen molar-refractivity contribution in [2.24, 2.45) is 0 Å². The normalized spacial score (nSPS) is 10.7. The van der Waals surface area contributed by atoms with Gasteiger partial charge >= 0.3 is 5.97 Å². The van der Waals surface area contributed by atoms with E-state index in [1.165, 1.54) is 16.6 Å². The van der Waals surface area contributed by atoms with Gasteiger partial charge < -0.3 is 10.1 Å². The fourth-order valence-corrected chi connectivity index (χ4v) is 1.92. The third-order valence-electron chi connectivity index (χ3n) is 2.75. The van der Waals surface area contributed by atoms with Crippen LogP contribution >= 0.6 is 0 Å². The highest BCUT2D eigenvalue weighted by Gasteiger charge is 2.13. The van der Waals surface area contributed by atoms with Crippen molar-refractivity contribution in [3.63, 3.8) is 0 Å². The predicted molar refractivity (Wildman–Crippen MR) is 68.2 cm³/mol. The highest BCUT2D eigenvalue weighted by atomic mass is 16.4. The SMILES string of the molecule is O=C(O)c1cc2[nH]c(=O)cc(-c3ccccc3)n2n1. The number of carbonyl (C=O) groups is 1. The van der Waals surface area contributed by atoms with Crippen LogP contribution < -0.4 is 5.56 Å². The molecule has 0 aliphatic rings. The van der Waals surface area contributed by atoms with Crippen molar-refractivity contribution in [1.82, 2.24) is 14.6 Å². The highest BCUT2D eigenvalue weighted by Crippen LogP contribution is 2.18. The van der Waals surface area contributed by atoms with E-state index in [4.69, 9.17) is 5.11 Å². The number of aromatic carboxylic acids is 1. The largest absolute Gasteiger partial charge is 0.476 e. The van der Waals surface area contributed by atoms with E-state index in [-0.39, 0.29) is 11.3 Å². The molecule has 94 valence electrons. The van der Waals surface area contributed by atoms with Crippen molar-refractivity contribution in [2.45, 2.75) is 0 Å². The van der Waals surface area contributed by atoms with Gasteiger partial charge in [-0.25, -0.2) is 9.31 Å². The topological polar surface area (TPSA) is 87.5 Å². The fraction of sp³-hybridized carbons (Fsp3) is 0. The van der Waals surface area contributed by atoms with Crippen LogP contribution in [0, 0.1) is 0 Å². The minimum Gasteiger partial charge on any atom is -0.476 e. The van der Waals surface area contributed by atoms with Crippen molar-refractivity contribution >= 4 is 11.6 Å². The number of H-pyrrole nitrogens is 1. The highest BCUT2D eigenvalue weighted by molar-refractivity contribution is 5.86. The van der Waals surface area contributed by atoms with Crippen LogP contribution in [0.5, 0.6) is 0 Å². The Morgan fingerprint density at radius 3 is 2.63 bits per heavy atom. The van der Waals surface area contributed by atoms with Gasteiger partial charge in [0.2, 0.25) is 0 Å². The fourth-order valence-electron chi connectivity index (χ4n) is 1.92. The zero-order valence-electron chi connectivity index (χ0n) is 9.70. The van der Waals surface area contributed by atoms with Crippen LogP contribution in [-0.4, -0.2) is 25.7 Å². The van der Waals surface area contributed by atoms with E-state index in [1.807, 2.05) is 30.3 Å². The zero-order valence-corrected chi connectivity index (χ0v) is 9.70. The van der Waals surface area contributed by atoms with Crippen LogP contribution in [0.15, 0.2) is 47.3 Å². The molecule has 2 heterocycles. The molecule has 0 amide bonds. The molecule has 0 aliphatic carbocycles. The Morgan fingerprint density at radius 1 is 1.21 bits per heavy atom. The first-order chi connectivity index (χ1) is 9.15. The smallest absolute Gasteiger partial charge is 0.356 e. The Hall–Kier alpha value is -2.89. The summed E-state index contributed by atoms with van der Waals surface area (Å²) in [5, 5.41) is 12.9. The molecule has 0 unspecified atom stereocenters. The van der Waals surface area contributed by atoms with Crippen LogP contribution in [0.2, 0.25) is 0 Å². The maximum atomic E-state index is 11.6. The number of hydrogen-bond acceptors (Lipinski definition) is 3. The number of rotatable bonds is 2. The zero-order chi connectivity index (χ0) is 13.4. The van der Waals surface area contributed by atoms with Gasteiger partial charge in [-0.3, -0.25) is 4.79 Å². The number of hydrogen-bond donors (Lipinski definition) is 2. The van der Waals surface area contributed by atoms with Gasteiger partial charge in [0.25, 0.3) is 5.56 Å². The van der Waals surface area contributed by atoms with Gasteiger partial charge in [-0.2, -0.15) is 5.10 Å². The predicted octanol–water partition coefficient (Wildman–Crippen LogP) is 1.39. The molecule has 6 heteroatoms. The van der Waals surface area contributed by atoms with Gasteiger partial charge in [0.1, 0.15) is 5.65 Å². The van der Waals surface area contributed by atoms with E-state index < -0.39 is 5.97 Å². The van der Waals surface area contributed by atoms with Crippen molar-refractivity contribution < 1.29 is 9.90 Å².